The number of aromatic nitrogens is 3. The van der Waals surface area contributed by atoms with E-state index in [0.717, 1.165) is 17.9 Å². The number of hydrogen-bond donors (Lipinski definition) is 0. The maximum atomic E-state index is 12.6. The zero-order chi connectivity index (χ0) is 17.1. The minimum Gasteiger partial charge on any atom is -0.459 e. The molecule has 0 fully saturated rings. The van der Waals surface area contributed by atoms with Crippen LogP contribution in [-0.2, 0) is 18.3 Å². The number of amides is 1. The molecule has 0 aliphatic carbocycles. The van der Waals surface area contributed by atoms with E-state index in [1.807, 2.05) is 21.1 Å². The lowest BCUT2D eigenvalue weighted by atomic mass is 9.98. The lowest BCUT2D eigenvalue weighted by molar-refractivity contribution is 0.0587. The summed E-state index contributed by atoms with van der Waals surface area (Å²) >= 11 is 0. The molecule has 2 aromatic heterocycles. The first kappa shape index (κ1) is 16.7. The minimum atomic E-state index is -0.130. The van der Waals surface area contributed by atoms with Crippen LogP contribution in [0.3, 0.4) is 0 Å². The smallest absolute Gasteiger partial charge is 0.289 e. The van der Waals surface area contributed by atoms with Gasteiger partial charge in [-0.2, -0.15) is 0 Å². The Morgan fingerprint density at radius 1 is 1.50 bits per heavy atom. The van der Waals surface area contributed by atoms with E-state index in [1.165, 1.54) is 6.26 Å². The Kier molecular flexibility index (Phi) is 4.96. The van der Waals surface area contributed by atoms with Crippen molar-refractivity contribution in [2.24, 2.45) is 7.05 Å². The second kappa shape index (κ2) is 7.14. The van der Waals surface area contributed by atoms with Crippen molar-refractivity contribution in [1.29, 1.82) is 0 Å². The van der Waals surface area contributed by atoms with E-state index in [2.05, 4.69) is 15.2 Å². The number of nitrogens with zero attached hydrogens (tertiary/aromatic N) is 5. The van der Waals surface area contributed by atoms with Crippen LogP contribution in [0.25, 0.3) is 0 Å². The van der Waals surface area contributed by atoms with Crippen LogP contribution in [-0.4, -0.2) is 71.1 Å². The van der Waals surface area contributed by atoms with Crippen molar-refractivity contribution in [2.45, 2.75) is 12.5 Å². The van der Waals surface area contributed by atoms with Crippen molar-refractivity contribution in [3.8, 4) is 0 Å². The van der Waals surface area contributed by atoms with Gasteiger partial charge < -0.3 is 19.0 Å². The third kappa shape index (κ3) is 3.49. The quantitative estimate of drug-likeness (QED) is 0.725. The fourth-order valence-electron chi connectivity index (χ4n) is 2.93. The highest BCUT2D eigenvalue weighted by molar-refractivity contribution is 5.91. The van der Waals surface area contributed by atoms with Crippen LogP contribution in [0.1, 0.15) is 27.9 Å². The lowest BCUT2D eigenvalue weighted by Crippen LogP contribution is -2.40. The standard InChI is InChI=1S/C16H23N5O3/c1-19(2)6-8-23-11-12-9-21(16(22)14-5-4-7-24-14)10-13-15(12)20(3)18-17-13/h4-5,7,12H,6,8-11H2,1-3H3/t12-/m0/s1. The number of carbonyl (C=O) groups is 1. The van der Waals surface area contributed by atoms with E-state index in [0.29, 0.717) is 32.1 Å². The molecule has 1 amide bonds. The van der Waals surface area contributed by atoms with Gasteiger partial charge in [0.25, 0.3) is 5.91 Å². The van der Waals surface area contributed by atoms with Crippen LogP contribution in [0.4, 0.5) is 0 Å². The summed E-state index contributed by atoms with van der Waals surface area (Å²) in [6.07, 6.45) is 1.51. The maximum Gasteiger partial charge on any atom is 0.289 e. The molecule has 2 aromatic rings. The molecule has 0 radical (unpaired) electrons. The number of hydrogen-bond acceptors (Lipinski definition) is 6. The summed E-state index contributed by atoms with van der Waals surface area (Å²) in [7, 11) is 5.90. The second-order valence-electron chi connectivity index (χ2n) is 6.28. The molecule has 0 bridgehead atoms. The number of carbonyl (C=O) groups excluding carboxylic acids is 1. The topological polar surface area (TPSA) is 76.6 Å². The van der Waals surface area contributed by atoms with E-state index in [4.69, 9.17) is 9.15 Å². The molecule has 0 saturated carbocycles. The van der Waals surface area contributed by atoms with Gasteiger partial charge in [-0.15, -0.1) is 5.10 Å². The number of ether oxygens (including phenoxy) is 1. The first-order chi connectivity index (χ1) is 11.6. The monoisotopic (exact) mass is 333 g/mol. The molecule has 3 rings (SSSR count). The highest BCUT2D eigenvalue weighted by Gasteiger charge is 2.33. The highest BCUT2D eigenvalue weighted by Crippen LogP contribution is 2.27. The van der Waals surface area contributed by atoms with Gasteiger partial charge in [0.05, 0.1) is 31.7 Å². The Balaban J connectivity index is 1.72. The van der Waals surface area contributed by atoms with Gasteiger partial charge in [0.2, 0.25) is 0 Å². The predicted octanol–water partition coefficient (Wildman–Crippen LogP) is 0.726. The third-order valence-corrected chi connectivity index (χ3v) is 4.13. The Morgan fingerprint density at radius 3 is 3.04 bits per heavy atom. The molecule has 0 saturated heterocycles. The number of aryl methyl sites for hydroxylation is 1. The minimum absolute atomic E-state index is 0.0508. The van der Waals surface area contributed by atoms with E-state index in [1.54, 1.807) is 21.7 Å². The van der Waals surface area contributed by atoms with Crippen molar-refractivity contribution in [3.63, 3.8) is 0 Å². The molecule has 0 spiro atoms. The van der Waals surface area contributed by atoms with E-state index in [-0.39, 0.29) is 11.8 Å². The van der Waals surface area contributed by atoms with Crippen LogP contribution in [0.5, 0.6) is 0 Å². The predicted molar refractivity (Wildman–Crippen MR) is 86.6 cm³/mol. The van der Waals surface area contributed by atoms with Crippen LogP contribution in [0, 0.1) is 0 Å². The molecule has 8 heteroatoms. The van der Waals surface area contributed by atoms with Crippen LogP contribution in [0.2, 0.25) is 0 Å². The van der Waals surface area contributed by atoms with Gasteiger partial charge in [-0.1, -0.05) is 5.21 Å². The largest absolute Gasteiger partial charge is 0.459 e. The summed E-state index contributed by atoms with van der Waals surface area (Å²) in [6, 6.07) is 3.39. The molecule has 1 aliphatic heterocycles. The summed E-state index contributed by atoms with van der Waals surface area (Å²) in [5.41, 5.74) is 1.87. The first-order valence-electron chi connectivity index (χ1n) is 8.00. The van der Waals surface area contributed by atoms with E-state index >= 15 is 0 Å². The average Bonchev–Trinajstić information content (AvgIpc) is 3.21. The summed E-state index contributed by atoms with van der Waals surface area (Å²) < 4.78 is 12.8. The molecule has 130 valence electrons. The fraction of sp³-hybridized carbons (Fsp3) is 0.562. The number of furan rings is 1. The maximum absolute atomic E-state index is 12.6. The fourth-order valence-corrected chi connectivity index (χ4v) is 2.93. The molecule has 0 unspecified atom stereocenters. The summed E-state index contributed by atoms with van der Waals surface area (Å²) in [4.78, 5) is 16.4. The van der Waals surface area contributed by atoms with E-state index in [9.17, 15) is 4.79 Å². The van der Waals surface area contributed by atoms with Gasteiger partial charge in [0.15, 0.2) is 5.76 Å². The Morgan fingerprint density at radius 2 is 2.33 bits per heavy atom. The van der Waals surface area contributed by atoms with Crippen molar-refractivity contribution < 1.29 is 13.9 Å². The van der Waals surface area contributed by atoms with Crippen LogP contribution in [0.15, 0.2) is 22.8 Å². The third-order valence-electron chi connectivity index (χ3n) is 4.13. The molecule has 0 N–H and O–H groups in total. The van der Waals surface area contributed by atoms with Crippen molar-refractivity contribution in [2.75, 3.05) is 40.4 Å². The normalized spacial score (nSPS) is 17.3. The molecule has 8 nitrogen and oxygen atoms in total. The number of rotatable bonds is 6. The Labute approximate surface area is 141 Å². The van der Waals surface area contributed by atoms with E-state index < -0.39 is 0 Å². The summed E-state index contributed by atoms with van der Waals surface area (Å²) in [5.74, 6) is 0.263. The van der Waals surface area contributed by atoms with Crippen LogP contribution < -0.4 is 0 Å². The van der Waals surface area contributed by atoms with Gasteiger partial charge in [0, 0.05) is 26.1 Å². The molecule has 1 aliphatic rings. The summed E-state index contributed by atoms with van der Waals surface area (Å²) in [5, 5.41) is 8.30. The highest BCUT2D eigenvalue weighted by atomic mass is 16.5. The number of fused-ring (bicyclic) bond motifs is 1. The van der Waals surface area contributed by atoms with Crippen LogP contribution >= 0.6 is 0 Å². The molecule has 0 aromatic carbocycles. The Hall–Kier alpha value is -2.19. The van der Waals surface area contributed by atoms with Gasteiger partial charge in [-0.3, -0.25) is 9.48 Å². The molecule has 24 heavy (non-hydrogen) atoms. The number of likely N-dealkylation sites (N-methyl/N-ethyl adjacent to an activating group) is 1. The van der Waals surface area contributed by atoms with Crippen molar-refractivity contribution in [1.82, 2.24) is 24.8 Å². The van der Waals surface area contributed by atoms with Gasteiger partial charge in [-0.05, 0) is 26.2 Å². The Bertz CT molecular complexity index is 680. The lowest BCUT2D eigenvalue weighted by Gasteiger charge is -2.31. The second-order valence-corrected chi connectivity index (χ2v) is 6.28. The van der Waals surface area contributed by atoms with Crippen molar-refractivity contribution >= 4 is 5.91 Å². The van der Waals surface area contributed by atoms with Gasteiger partial charge in [-0.25, -0.2) is 0 Å². The van der Waals surface area contributed by atoms with Crippen molar-refractivity contribution in [3.05, 3.63) is 35.5 Å². The van der Waals surface area contributed by atoms with Gasteiger partial charge >= 0.3 is 0 Å². The molecule has 1 atom stereocenters. The van der Waals surface area contributed by atoms with Gasteiger partial charge in [0.1, 0.15) is 5.69 Å². The molecular formula is C16H23N5O3. The zero-order valence-electron chi connectivity index (χ0n) is 14.3. The summed E-state index contributed by atoms with van der Waals surface area (Å²) in [6.45, 7) is 3.05. The first-order valence-corrected chi connectivity index (χ1v) is 8.00. The SMILES string of the molecule is CN(C)CCOC[C@@H]1CN(C(=O)c2ccco2)Cc2nnn(C)c21. The average molecular weight is 333 g/mol. The molecular weight excluding hydrogens is 310 g/mol. The molecule has 3 heterocycles. The zero-order valence-corrected chi connectivity index (χ0v) is 14.3.